The molecule has 1 aliphatic rings. The summed E-state index contributed by atoms with van der Waals surface area (Å²) in [6, 6.07) is 60.2. The van der Waals surface area contributed by atoms with Gasteiger partial charge in [-0.05, 0) is 101 Å². The molecule has 0 bridgehead atoms. The van der Waals surface area contributed by atoms with Gasteiger partial charge in [0.05, 0.1) is 16.6 Å². The zero-order valence-electron chi connectivity index (χ0n) is 28.8. The Morgan fingerprint density at radius 1 is 0.500 bits per heavy atom. The van der Waals surface area contributed by atoms with Crippen molar-refractivity contribution in [3.05, 3.63) is 181 Å². The summed E-state index contributed by atoms with van der Waals surface area (Å²) in [5.41, 5.74) is 14.1. The molecule has 0 aliphatic heterocycles. The minimum absolute atomic E-state index is 0.340. The van der Waals surface area contributed by atoms with Crippen molar-refractivity contribution >= 4 is 75.9 Å². The van der Waals surface area contributed by atoms with Crippen molar-refractivity contribution < 1.29 is 0 Å². The number of rotatable bonds is 4. The number of thiophene rings is 1. The summed E-state index contributed by atoms with van der Waals surface area (Å²) in [7, 11) is 0. The van der Waals surface area contributed by atoms with Crippen molar-refractivity contribution in [3.63, 3.8) is 0 Å². The number of para-hydroxylation sites is 3. The van der Waals surface area contributed by atoms with Crippen LogP contribution in [0, 0.1) is 0 Å². The second-order valence-corrected chi connectivity index (χ2v) is 15.3. The molecule has 0 N–H and O–H groups in total. The van der Waals surface area contributed by atoms with Gasteiger partial charge in [0, 0.05) is 64.9 Å². The molecule has 7 aromatic carbocycles. The fourth-order valence-corrected chi connectivity index (χ4v) is 10.0. The third-order valence-electron chi connectivity index (χ3n) is 11.1. The van der Waals surface area contributed by atoms with Crippen LogP contribution in [0.1, 0.15) is 36.1 Å². The van der Waals surface area contributed by atoms with Gasteiger partial charge in [-0.25, -0.2) is 0 Å². The van der Waals surface area contributed by atoms with E-state index in [1.807, 2.05) is 11.3 Å². The third kappa shape index (κ3) is 4.36. The first-order chi connectivity index (χ1) is 25.7. The molecule has 0 saturated carbocycles. The van der Waals surface area contributed by atoms with E-state index in [0.29, 0.717) is 5.92 Å². The van der Waals surface area contributed by atoms with Crippen LogP contribution in [0.25, 0.3) is 87.0 Å². The van der Waals surface area contributed by atoms with Crippen molar-refractivity contribution in [2.75, 3.05) is 0 Å². The fraction of sp³-hybridized carbons (Fsp3) is 0.0612. The number of nitrogens with zero attached hydrogens (tertiary/aromatic N) is 2. The van der Waals surface area contributed by atoms with E-state index in [1.165, 1.54) is 97.8 Å². The molecule has 11 rings (SSSR count). The van der Waals surface area contributed by atoms with E-state index in [-0.39, 0.29) is 0 Å². The smallest absolute Gasteiger partial charge is 0.0541 e. The van der Waals surface area contributed by atoms with Crippen LogP contribution in [0.15, 0.2) is 164 Å². The molecule has 0 amide bonds. The van der Waals surface area contributed by atoms with Crippen LogP contribution in [0.5, 0.6) is 0 Å². The van der Waals surface area contributed by atoms with Crippen LogP contribution >= 0.6 is 11.3 Å². The summed E-state index contributed by atoms with van der Waals surface area (Å²) in [4.78, 5) is 0. The van der Waals surface area contributed by atoms with Gasteiger partial charge >= 0.3 is 0 Å². The van der Waals surface area contributed by atoms with Gasteiger partial charge < -0.3 is 9.13 Å². The first kappa shape index (κ1) is 29.6. The number of allylic oxidation sites excluding steroid dienone is 1. The van der Waals surface area contributed by atoms with Crippen molar-refractivity contribution in [1.29, 1.82) is 0 Å². The predicted molar refractivity (Wildman–Crippen MR) is 223 cm³/mol. The van der Waals surface area contributed by atoms with Gasteiger partial charge in [-0.15, -0.1) is 11.3 Å². The minimum Gasteiger partial charge on any atom is -0.313 e. The van der Waals surface area contributed by atoms with Crippen LogP contribution in [-0.2, 0) is 0 Å². The summed E-state index contributed by atoms with van der Waals surface area (Å²) in [5.74, 6) is 0.340. The average molecular weight is 683 g/mol. The number of aromatic nitrogens is 2. The normalized spacial score (nSPS) is 14.5. The summed E-state index contributed by atoms with van der Waals surface area (Å²) in [6.45, 7) is 2.41. The second kappa shape index (κ2) is 11.4. The Labute approximate surface area is 306 Å². The Balaban J connectivity index is 1.14. The largest absolute Gasteiger partial charge is 0.313 e. The van der Waals surface area contributed by atoms with E-state index >= 15 is 0 Å². The molecule has 2 nitrogen and oxygen atoms in total. The fourth-order valence-electron chi connectivity index (χ4n) is 8.90. The van der Waals surface area contributed by atoms with Gasteiger partial charge in [0.1, 0.15) is 0 Å². The maximum Gasteiger partial charge on any atom is 0.0541 e. The summed E-state index contributed by atoms with van der Waals surface area (Å²) in [6.07, 6.45) is 3.51. The standard InChI is InChI=1S/C49H34N2S/c1-31-27-34(37-19-12-22-47-48(37)39-18-9-11-21-46(39)52-47)30-42-41-29-33(24-26-45(41)51(49(31)42)36-15-6-3-7-16-36)32-23-25-44-40(28-32)38-17-8-10-20-43(38)50(44)35-13-4-2-5-14-35/h2-26,28-31H,27H2,1H3. The van der Waals surface area contributed by atoms with E-state index in [0.717, 1.165) is 6.42 Å². The molecule has 0 fully saturated rings. The van der Waals surface area contributed by atoms with E-state index in [2.05, 4.69) is 186 Å². The highest BCUT2D eigenvalue weighted by Gasteiger charge is 2.28. The lowest BCUT2D eigenvalue weighted by molar-refractivity contribution is 0.733. The Morgan fingerprint density at radius 3 is 1.87 bits per heavy atom. The first-order valence-corrected chi connectivity index (χ1v) is 19.0. The zero-order chi connectivity index (χ0) is 34.3. The van der Waals surface area contributed by atoms with Crippen molar-refractivity contribution in [3.8, 4) is 22.5 Å². The first-order valence-electron chi connectivity index (χ1n) is 18.2. The predicted octanol–water partition coefficient (Wildman–Crippen LogP) is 13.8. The van der Waals surface area contributed by atoms with Gasteiger partial charge in [0.2, 0.25) is 0 Å². The molecule has 1 aliphatic carbocycles. The second-order valence-electron chi connectivity index (χ2n) is 14.2. The maximum absolute atomic E-state index is 2.52. The topological polar surface area (TPSA) is 9.86 Å². The molecule has 1 unspecified atom stereocenters. The SMILES string of the molecule is CC1CC(c2cccc3sc4ccccc4c23)=Cc2c1n(-c1ccccc1)c1ccc(-c3ccc4c(c3)c3ccccc3n4-c3ccccc3)cc21. The van der Waals surface area contributed by atoms with E-state index in [1.54, 1.807) is 0 Å². The van der Waals surface area contributed by atoms with Gasteiger partial charge in [-0.2, -0.15) is 0 Å². The lowest BCUT2D eigenvalue weighted by Gasteiger charge is -2.24. The van der Waals surface area contributed by atoms with Crippen LogP contribution in [0.4, 0.5) is 0 Å². The minimum atomic E-state index is 0.340. The molecule has 3 heterocycles. The number of hydrogen-bond donors (Lipinski definition) is 0. The molecule has 3 heteroatoms. The van der Waals surface area contributed by atoms with Gasteiger partial charge in [0.15, 0.2) is 0 Å². The third-order valence-corrected chi connectivity index (χ3v) is 12.3. The summed E-state index contributed by atoms with van der Waals surface area (Å²) < 4.78 is 7.61. The molecule has 0 radical (unpaired) electrons. The van der Waals surface area contributed by atoms with Crippen molar-refractivity contribution in [1.82, 2.24) is 9.13 Å². The van der Waals surface area contributed by atoms with E-state index in [4.69, 9.17) is 0 Å². The van der Waals surface area contributed by atoms with Gasteiger partial charge in [-0.1, -0.05) is 104 Å². The molecule has 0 spiro atoms. The van der Waals surface area contributed by atoms with E-state index < -0.39 is 0 Å². The summed E-state index contributed by atoms with van der Waals surface area (Å²) >= 11 is 1.90. The Hall–Kier alpha value is -6.16. The number of fused-ring (bicyclic) bond motifs is 9. The highest BCUT2D eigenvalue weighted by molar-refractivity contribution is 7.25. The van der Waals surface area contributed by atoms with E-state index in [9.17, 15) is 0 Å². The van der Waals surface area contributed by atoms with Gasteiger partial charge in [-0.3, -0.25) is 0 Å². The molecular weight excluding hydrogens is 649 g/mol. The highest BCUT2D eigenvalue weighted by atomic mass is 32.1. The zero-order valence-corrected chi connectivity index (χ0v) is 29.6. The Morgan fingerprint density at radius 2 is 1.10 bits per heavy atom. The molecular formula is C49H34N2S. The lowest BCUT2D eigenvalue weighted by atomic mass is 9.83. The Kier molecular flexibility index (Phi) is 6.50. The Bertz CT molecular complexity index is 3050. The van der Waals surface area contributed by atoms with Crippen molar-refractivity contribution in [2.24, 2.45) is 0 Å². The molecule has 52 heavy (non-hydrogen) atoms. The quantitative estimate of drug-likeness (QED) is 0.175. The van der Waals surface area contributed by atoms with Crippen LogP contribution < -0.4 is 0 Å². The molecule has 1 atom stereocenters. The average Bonchev–Trinajstić information content (AvgIpc) is 3.86. The molecule has 10 aromatic rings. The van der Waals surface area contributed by atoms with Crippen LogP contribution in [0.3, 0.4) is 0 Å². The maximum atomic E-state index is 2.52. The van der Waals surface area contributed by atoms with Gasteiger partial charge in [0.25, 0.3) is 0 Å². The van der Waals surface area contributed by atoms with Crippen molar-refractivity contribution in [2.45, 2.75) is 19.3 Å². The molecule has 246 valence electrons. The monoisotopic (exact) mass is 682 g/mol. The molecule has 0 saturated heterocycles. The number of hydrogen-bond acceptors (Lipinski definition) is 1. The van der Waals surface area contributed by atoms with Crippen LogP contribution in [-0.4, -0.2) is 9.13 Å². The summed E-state index contributed by atoms with van der Waals surface area (Å²) in [5, 5.41) is 6.59. The molecule has 3 aromatic heterocycles. The lowest BCUT2D eigenvalue weighted by Crippen LogP contribution is -2.09. The number of benzene rings is 7. The van der Waals surface area contributed by atoms with Crippen LogP contribution in [0.2, 0.25) is 0 Å². The highest BCUT2D eigenvalue weighted by Crippen LogP contribution is 2.48.